The molecule has 1 amide bonds. The highest BCUT2D eigenvalue weighted by Crippen LogP contribution is 2.41. The predicted molar refractivity (Wildman–Crippen MR) is 106 cm³/mol. The van der Waals surface area contributed by atoms with E-state index in [0.29, 0.717) is 29.1 Å². The van der Waals surface area contributed by atoms with E-state index in [-0.39, 0.29) is 24.7 Å². The molecular formula is C22H20F2N4O. The molecule has 0 bridgehead atoms. The van der Waals surface area contributed by atoms with Crippen LogP contribution in [-0.2, 0) is 17.5 Å². The van der Waals surface area contributed by atoms with Crippen molar-refractivity contribution < 1.29 is 13.6 Å². The summed E-state index contributed by atoms with van der Waals surface area (Å²) in [6, 6.07) is 9.55. The molecule has 29 heavy (non-hydrogen) atoms. The van der Waals surface area contributed by atoms with Gasteiger partial charge in [0.2, 0.25) is 5.91 Å². The molecule has 1 aromatic carbocycles. The van der Waals surface area contributed by atoms with E-state index in [1.54, 1.807) is 42.2 Å². The first-order valence-electron chi connectivity index (χ1n) is 9.26. The minimum absolute atomic E-state index is 0.0603. The van der Waals surface area contributed by atoms with E-state index in [1.165, 1.54) is 29.3 Å². The molecule has 1 unspecified atom stereocenters. The third-order valence-electron chi connectivity index (χ3n) is 5.22. The van der Waals surface area contributed by atoms with Crippen LogP contribution in [0.4, 0.5) is 8.78 Å². The third-order valence-corrected chi connectivity index (χ3v) is 5.22. The van der Waals surface area contributed by atoms with Crippen molar-refractivity contribution in [3.05, 3.63) is 72.8 Å². The number of hydrogen-bond donors (Lipinski definition) is 0. The standard InChI is InChI=1S/C22H20F2N4O/c1-3-21(29)28-11-9-22(24,14-28)18-13-25-20(15-4-6-16(23)7-5-15)12-17(18)19-8-10-27(2)26-19/h3-8,10,12-13H,1,9,11,14H2,2H3. The lowest BCUT2D eigenvalue weighted by Crippen LogP contribution is -2.31. The van der Waals surface area contributed by atoms with E-state index < -0.39 is 5.67 Å². The topological polar surface area (TPSA) is 51.0 Å². The van der Waals surface area contributed by atoms with Gasteiger partial charge >= 0.3 is 0 Å². The van der Waals surface area contributed by atoms with Crippen molar-refractivity contribution in [2.45, 2.75) is 12.1 Å². The minimum Gasteiger partial charge on any atom is -0.335 e. The lowest BCUT2D eigenvalue weighted by molar-refractivity contribution is -0.125. The molecule has 1 aliphatic rings. The van der Waals surface area contributed by atoms with Gasteiger partial charge in [0.05, 0.1) is 17.9 Å². The Morgan fingerprint density at radius 1 is 1.24 bits per heavy atom. The van der Waals surface area contributed by atoms with Crippen LogP contribution in [0, 0.1) is 5.82 Å². The largest absolute Gasteiger partial charge is 0.335 e. The fraction of sp³-hybridized carbons (Fsp3) is 0.227. The number of halogens is 2. The van der Waals surface area contributed by atoms with E-state index in [4.69, 9.17) is 0 Å². The molecule has 3 aromatic rings. The number of nitrogens with zero attached hydrogens (tertiary/aromatic N) is 4. The monoisotopic (exact) mass is 394 g/mol. The molecule has 0 N–H and O–H groups in total. The summed E-state index contributed by atoms with van der Waals surface area (Å²) in [6.45, 7) is 3.73. The SMILES string of the molecule is C=CC(=O)N1CCC(F)(c2cnc(-c3ccc(F)cc3)cc2-c2ccn(C)n2)C1. The molecular weight excluding hydrogens is 374 g/mol. The zero-order chi connectivity index (χ0) is 20.6. The maximum atomic E-state index is 16.0. The summed E-state index contributed by atoms with van der Waals surface area (Å²) in [5.74, 6) is -0.629. The number of aryl methyl sites for hydroxylation is 1. The number of benzene rings is 1. The maximum Gasteiger partial charge on any atom is 0.246 e. The second-order valence-corrected chi connectivity index (χ2v) is 7.18. The zero-order valence-electron chi connectivity index (χ0n) is 16.0. The summed E-state index contributed by atoms with van der Waals surface area (Å²) in [7, 11) is 1.79. The van der Waals surface area contributed by atoms with E-state index in [9.17, 15) is 9.18 Å². The number of amides is 1. The molecule has 5 nitrogen and oxygen atoms in total. The number of rotatable bonds is 4. The number of aromatic nitrogens is 3. The average Bonchev–Trinajstić information content (AvgIpc) is 3.34. The summed E-state index contributed by atoms with van der Waals surface area (Å²) in [5, 5.41) is 4.43. The molecule has 0 aliphatic carbocycles. The van der Waals surface area contributed by atoms with Crippen molar-refractivity contribution in [1.82, 2.24) is 19.7 Å². The first kappa shape index (κ1) is 19.0. The lowest BCUT2D eigenvalue weighted by atomic mass is 9.90. The van der Waals surface area contributed by atoms with Gasteiger partial charge in [-0.2, -0.15) is 5.10 Å². The number of alkyl halides is 1. The Bertz CT molecular complexity index is 1080. The molecule has 1 saturated heterocycles. The Labute approximate surface area is 167 Å². The van der Waals surface area contributed by atoms with E-state index in [0.717, 1.165) is 5.56 Å². The number of pyridine rings is 1. The molecule has 1 atom stereocenters. The average molecular weight is 394 g/mol. The summed E-state index contributed by atoms with van der Waals surface area (Å²) in [5.41, 5.74) is 1.18. The number of carbonyl (C=O) groups is 1. The fourth-order valence-electron chi connectivity index (χ4n) is 3.67. The van der Waals surface area contributed by atoms with Crippen LogP contribution >= 0.6 is 0 Å². The van der Waals surface area contributed by atoms with Crippen LogP contribution in [0.1, 0.15) is 12.0 Å². The van der Waals surface area contributed by atoms with E-state index in [2.05, 4.69) is 16.7 Å². The van der Waals surface area contributed by atoms with Gasteiger partial charge in [-0.1, -0.05) is 6.58 Å². The molecule has 0 radical (unpaired) electrons. The molecule has 1 fully saturated rings. The highest BCUT2D eigenvalue weighted by Gasteiger charge is 2.43. The van der Waals surface area contributed by atoms with Crippen molar-refractivity contribution in [3.8, 4) is 22.5 Å². The van der Waals surface area contributed by atoms with Crippen molar-refractivity contribution >= 4 is 5.91 Å². The first-order valence-corrected chi connectivity index (χ1v) is 9.26. The fourth-order valence-corrected chi connectivity index (χ4v) is 3.67. The van der Waals surface area contributed by atoms with Gasteiger partial charge in [0.1, 0.15) is 5.82 Å². The molecule has 1 aliphatic heterocycles. The Morgan fingerprint density at radius 3 is 2.66 bits per heavy atom. The first-order chi connectivity index (χ1) is 13.9. The maximum absolute atomic E-state index is 16.0. The molecule has 2 aromatic heterocycles. The summed E-state index contributed by atoms with van der Waals surface area (Å²) >= 11 is 0. The van der Waals surface area contributed by atoms with Gasteiger partial charge in [0, 0.05) is 49.1 Å². The van der Waals surface area contributed by atoms with Crippen LogP contribution in [0.5, 0.6) is 0 Å². The van der Waals surface area contributed by atoms with Crippen LogP contribution in [0.15, 0.2) is 61.4 Å². The van der Waals surface area contributed by atoms with Crippen molar-refractivity contribution in [2.75, 3.05) is 13.1 Å². The molecule has 0 saturated carbocycles. The Kier molecular flexibility index (Phi) is 4.74. The van der Waals surface area contributed by atoms with Gasteiger partial charge in [0.15, 0.2) is 5.67 Å². The lowest BCUT2D eigenvalue weighted by Gasteiger charge is -2.23. The predicted octanol–water partition coefficient (Wildman–Crippen LogP) is 3.87. The van der Waals surface area contributed by atoms with Crippen LogP contribution < -0.4 is 0 Å². The third kappa shape index (κ3) is 3.55. The van der Waals surface area contributed by atoms with Crippen molar-refractivity contribution in [2.24, 2.45) is 7.05 Å². The van der Waals surface area contributed by atoms with Crippen molar-refractivity contribution in [1.29, 1.82) is 0 Å². The molecule has 148 valence electrons. The van der Waals surface area contributed by atoms with Crippen molar-refractivity contribution in [3.63, 3.8) is 0 Å². The Balaban J connectivity index is 1.80. The smallest absolute Gasteiger partial charge is 0.246 e. The van der Waals surface area contributed by atoms with Gasteiger partial charge in [-0.3, -0.25) is 14.5 Å². The molecule has 4 rings (SSSR count). The highest BCUT2D eigenvalue weighted by atomic mass is 19.1. The second kappa shape index (κ2) is 7.24. The van der Waals surface area contributed by atoms with Crippen LogP contribution in [-0.4, -0.2) is 38.7 Å². The summed E-state index contributed by atoms with van der Waals surface area (Å²) in [4.78, 5) is 17.8. The number of likely N-dealkylation sites (tertiary alicyclic amines) is 1. The van der Waals surface area contributed by atoms with Crippen LogP contribution in [0.25, 0.3) is 22.5 Å². The highest BCUT2D eigenvalue weighted by molar-refractivity contribution is 5.87. The van der Waals surface area contributed by atoms with Gasteiger partial charge < -0.3 is 4.90 Å². The molecule has 3 heterocycles. The van der Waals surface area contributed by atoms with E-state index in [1.807, 2.05) is 0 Å². The van der Waals surface area contributed by atoms with Gasteiger partial charge in [0.25, 0.3) is 0 Å². The zero-order valence-corrected chi connectivity index (χ0v) is 16.0. The van der Waals surface area contributed by atoms with E-state index >= 15 is 4.39 Å². The Hall–Kier alpha value is -3.35. The summed E-state index contributed by atoms with van der Waals surface area (Å²) < 4.78 is 30.9. The number of carbonyl (C=O) groups excluding carboxylic acids is 1. The number of hydrogen-bond acceptors (Lipinski definition) is 3. The minimum atomic E-state index is -1.74. The molecule has 0 spiro atoms. The van der Waals surface area contributed by atoms with Gasteiger partial charge in [-0.15, -0.1) is 0 Å². The van der Waals surface area contributed by atoms with Gasteiger partial charge in [-0.25, -0.2) is 8.78 Å². The molecule has 7 heteroatoms. The van der Waals surface area contributed by atoms with Crippen LogP contribution in [0.2, 0.25) is 0 Å². The van der Waals surface area contributed by atoms with Gasteiger partial charge in [-0.05, 0) is 42.5 Å². The van der Waals surface area contributed by atoms with Crippen LogP contribution in [0.3, 0.4) is 0 Å². The normalized spacial score (nSPS) is 18.8. The second-order valence-electron chi connectivity index (χ2n) is 7.18. The quantitative estimate of drug-likeness (QED) is 0.631. The summed E-state index contributed by atoms with van der Waals surface area (Å²) in [6.07, 6.45) is 4.65. The Morgan fingerprint density at radius 2 is 2.00 bits per heavy atom.